The summed E-state index contributed by atoms with van der Waals surface area (Å²) in [4.78, 5) is 4.94. The molecule has 68 heavy (non-hydrogen) atoms. The Kier molecular flexibility index (Phi) is 20.1. The van der Waals surface area contributed by atoms with Gasteiger partial charge in [0, 0.05) is 32.1 Å². The van der Waals surface area contributed by atoms with E-state index in [-0.39, 0.29) is 12.4 Å². The van der Waals surface area contributed by atoms with Crippen molar-refractivity contribution < 1.29 is 33.2 Å². The molecule has 0 amide bonds. The predicted octanol–water partition coefficient (Wildman–Crippen LogP) is 12.5. The Morgan fingerprint density at radius 2 is 1.66 bits per heavy atom. The zero-order valence-corrected chi connectivity index (χ0v) is 41.5. The fourth-order valence-electron chi connectivity index (χ4n) is 8.05. The summed E-state index contributed by atoms with van der Waals surface area (Å²) in [5, 5.41) is 19.3. The zero-order chi connectivity index (χ0) is 47.3. The second kappa shape index (κ2) is 27.0. The highest BCUT2D eigenvalue weighted by Crippen LogP contribution is 2.35. The van der Waals surface area contributed by atoms with Crippen LogP contribution in [0.1, 0.15) is 98.6 Å². The van der Waals surface area contributed by atoms with Crippen LogP contribution in [0.2, 0.25) is 0 Å². The molecule has 2 unspecified atom stereocenters. The minimum Gasteiger partial charge on any atom is -0.493 e. The first kappa shape index (κ1) is 50.5. The summed E-state index contributed by atoms with van der Waals surface area (Å²) in [5.41, 5.74) is 6.58. The normalized spacial score (nSPS) is 13.8. The van der Waals surface area contributed by atoms with Crippen LogP contribution in [-0.2, 0) is 33.5 Å². The molecular weight excluding hydrogens is 893 g/mol. The van der Waals surface area contributed by atoms with Crippen molar-refractivity contribution in [3.8, 4) is 29.1 Å². The lowest BCUT2D eigenvalue weighted by Gasteiger charge is -2.21. The van der Waals surface area contributed by atoms with E-state index in [9.17, 15) is 5.26 Å². The van der Waals surface area contributed by atoms with Gasteiger partial charge in [-0.15, -0.1) is 0 Å². The van der Waals surface area contributed by atoms with Crippen molar-refractivity contribution >= 4 is 56.3 Å². The molecule has 0 aliphatic carbocycles. The Balaban J connectivity index is 1.07. The number of nitriles is 1. The molecule has 0 bridgehead atoms. The molecule has 11 nitrogen and oxygen atoms in total. The maximum Gasteiger partial charge on any atom is 0.207 e. The van der Waals surface area contributed by atoms with Crippen LogP contribution in [0.3, 0.4) is 0 Å². The maximum atomic E-state index is 9.21. The third-order valence-corrected chi connectivity index (χ3v) is 13.1. The molecule has 0 saturated carbocycles. The summed E-state index contributed by atoms with van der Waals surface area (Å²) in [5.74, 6) is 3.91. The Morgan fingerprint density at radius 3 is 2.47 bits per heavy atom. The molecule has 6 aromatic rings. The number of hydrazone groups is 1. The van der Waals surface area contributed by atoms with Gasteiger partial charge in [-0.1, -0.05) is 73.9 Å². The van der Waals surface area contributed by atoms with E-state index in [4.69, 9.17) is 43.2 Å². The third-order valence-electron chi connectivity index (χ3n) is 11.8. The third kappa shape index (κ3) is 15.1. The van der Waals surface area contributed by atoms with E-state index in [1.807, 2.05) is 41.6 Å². The number of anilines is 1. The number of thiol groups is 1. The van der Waals surface area contributed by atoms with Crippen LogP contribution in [0.5, 0.6) is 23.0 Å². The molecule has 2 heterocycles. The van der Waals surface area contributed by atoms with E-state index in [2.05, 4.69) is 86.3 Å². The van der Waals surface area contributed by atoms with Gasteiger partial charge in [-0.2, -0.15) is 23.0 Å². The second-order valence-electron chi connectivity index (χ2n) is 17.0. The molecule has 1 aliphatic rings. The Morgan fingerprint density at radius 1 is 0.838 bits per heavy atom. The molecule has 0 spiro atoms. The van der Waals surface area contributed by atoms with Crippen LogP contribution in [0.15, 0.2) is 96.1 Å². The number of benzene rings is 5. The number of thiazole rings is 1. The fraction of sp³-hybridized carbons (Fsp3) is 0.436. The summed E-state index contributed by atoms with van der Waals surface area (Å²) >= 11 is 6.02. The van der Waals surface area contributed by atoms with Crippen molar-refractivity contribution in [1.29, 1.82) is 5.26 Å². The number of ether oxygens (including phenoxy) is 7. The van der Waals surface area contributed by atoms with Gasteiger partial charge in [-0.05, 0) is 138 Å². The summed E-state index contributed by atoms with van der Waals surface area (Å²) in [6.45, 7) is 5.77. The minimum absolute atomic E-state index is 0.0282. The Bertz CT molecular complexity index is 2540. The van der Waals surface area contributed by atoms with E-state index in [0.717, 1.165) is 131 Å². The highest BCUT2D eigenvalue weighted by molar-refractivity contribution is 7.80. The van der Waals surface area contributed by atoms with Gasteiger partial charge in [-0.3, -0.25) is 0 Å². The molecule has 0 radical (unpaired) electrons. The number of fused-ring (bicyclic) bond motifs is 2. The van der Waals surface area contributed by atoms with Gasteiger partial charge in [-0.25, -0.2) is 9.99 Å². The van der Waals surface area contributed by atoms with Crippen molar-refractivity contribution in [3.05, 3.63) is 119 Å². The quantitative estimate of drug-likeness (QED) is 0.0148. The standard InChI is InChI=1S/C55H66N4O7S2/c1-4-15-41-36-50(63-28-12-5-6-13-31-67)46(37-57-59(27-11-7-10-26-56)55-58-48-16-8-9-17-53(48)68-55)34-42(41)20-18-40-19-25-49(51(32-40)61-3)66-52(38-60-2)45-22-21-44-35-47(24-23-43(44)33-45)62-29-14-30-64-54-39-65-54/h8-9,16-17,19,21-25,32-37,52,54,67H,4-7,10-15,18,20,27-31,38-39H2,1-3H3/b57-37+. The number of nitrogens with zero attached hydrogens (tertiary/aromatic N) is 4. The van der Waals surface area contributed by atoms with Crippen LogP contribution in [0, 0.1) is 11.3 Å². The number of aromatic nitrogens is 1. The molecule has 0 N–H and O–H groups in total. The average Bonchev–Trinajstić information content (AvgIpc) is 4.09. The van der Waals surface area contributed by atoms with Gasteiger partial charge in [0.15, 0.2) is 17.8 Å². The van der Waals surface area contributed by atoms with Gasteiger partial charge in [0.2, 0.25) is 5.13 Å². The van der Waals surface area contributed by atoms with Gasteiger partial charge in [0.05, 0.1) is 56.0 Å². The van der Waals surface area contributed by atoms with Crippen molar-refractivity contribution in [1.82, 2.24) is 4.98 Å². The minimum atomic E-state index is -0.357. The molecule has 360 valence electrons. The van der Waals surface area contributed by atoms with Crippen LogP contribution < -0.4 is 24.0 Å². The van der Waals surface area contributed by atoms with Crippen LogP contribution in [0.4, 0.5) is 5.13 Å². The number of hydrogen-bond donors (Lipinski definition) is 1. The van der Waals surface area contributed by atoms with E-state index >= 15 is 0 Å². The molecule has 1 saturated heterocycles. The molecule has 2 atom stereocenters. The van der Waals surface area contributed by atoms with Crippen LogP contribution in [-0.4, -0.2) is 77.0 Å². The molecular formula is C55H66N4O7S2. The highest BCUT2D eigenvalue weighted by Gasteiger charge is 2.23. The molecule has 1 aromatic heterocycles. The van der Waals surface area contributed by atoms with Crippen molar-refractivity contribution in [2.75, 3.05) is 64.6 Å². The number of para-hydroxylation sites is 1. The number of rotatable bonds is 31. The first-order chi connectivity index (χ1) is 33.5. The van der Waals surface area contributed by atoms with Crippen molar-refractivity contribution in [2.24, 2.45) is 5.10 Å². The summed E-state index contributed by atoms with van der Waals surface area (Å²) in [6, 6.07) is 33.7. The number of epoxide rings is 1. The number of aryl methyl sites for hydroxylation is 3. The Labute approximate surface area is 411 Å². The predicted molar refractivity (Wildman–Crippen MR) is 278 cm³/mol. The topological polar surface area (TPSA) is 120 Å². The SMILES string of the molecule is CCCc1cc(OCCCCCCS)c(/C=N/N(CCCCC#N)c2nc3ccccc3s2)cc1CCc1ccc(OC(COC)c2ccc3cc(OCCCOC4CO4)ccc3c2)c(OC)c1. The lowest BCUT2D eigenvalue weighted by atomic mass is 9.94. The second-order valence-corrected chi connectivity index (χ2v) is 18.4. The zero-order valence-electron chi connectivity index (χ0n) is 39.8. The molecule has 1 aliphatic heterocycles. The fourth-order valence-corrected chi connectivity index (χ4v) is 9.22. The number of unbranched alkanes of at least 4 members (excludes halogenated alkanes) is 5. The first-order valence-corrected chi connectivity index (χ1v) is 25.6. The van der Waals surface area contributed by atoms with Gasteiger partial charge < -0.3 is 33.2 Å². The summed E-state index contributed by atoms with van der Waals surface area (Å²) in [7, 11) is 3.38. The molecule has 7 rings (SSSR count). The monoisotopic (exact) mass is 958 g/mol. The average molecular weight is 959 g/mol. The van der Waals surface area contributed by atoms with E-state index < -0.39 is 0 Å². The smallest absolute Gasteiger partial charge is 0.207 e. The largest absolute Gasteiger partial charge is 0.493 e. The maximum absolute atomic E-state index is 9.21. The van der Waals surface area contributed by atoms with Gasteiger partial charge >= 0.3 is 0 Å². The molecule has 1 fully saturated rings. The highest BCUT2D eigenvalue weighted by atomic mass is 32.1. The van der Waals surface area contributed by atoms with Gasteiger partial charge in [0.1, 0.15) is 24.2 Å². The summed E-state index contributed by atoms with van der Waals surface area (Å²) in [6.07, 6.45) is 12.4. The number of hydrogen-bond acceptors (Lipinski definition) is 13. The van der Waals surface area contributed by atoms with Crippen molar-refractivity contribution in [3.63, 3.8) is 0 Å². The molecule has 13 heteroatoms. The van der Waals surface area contributed by atoms with E-state index in [1.165, 1.54) is 11.1 Å². The lowest BCUT2D eigenvalue weighted by Crippen LogP contribution is -2.18. The van der Waals surface area contributed by atoms with Crippen LogP contribution in [0.25, 0.3) is 21.0 Å². The van der Waals surface area contributed by atoms with Crippen molar-refractivity contribution in [2.45, 2.75) is 96.4 Å². The van der Waals surface area contributed by atoms with E-state index in [1.54, 1.807) is 25.6 Å². The first-order valence-electron chi connectivity index (χ1n) is 24.1. The lowest BCUT2D eigenvalue weighted by molar-refractivity contribution is 0.0435. The number of methoxy groups -OCH3 is 2. The molecule has 5 aromatic carbocycles. The Hall–Kier alpha value is -5.36. The van der Waals surface area contributed by atoms with Crippen LogP contribution >= 0.6 is 24.0 Å². The van der Waals surface area contributed by atoms with Gasteiger partial charge in [0.25, 0.3) is 0 Å². The van der Waals surface area contributed by atoms with E-state index in [0.29, 0.717) is 57.5 Å². The summed E-state index contributed by atoms with van der Waals surface area (Å²) < 4.78 is 42.6.